The Morgan fingerprint density at radius 2 is 2.22 bits per heavy atom. The smallest absolute Gasteiger partial charge is 0.256 e. The van der Waals surface area contributed by atoms with Crippen molar-refractivity contribution in [3.8, 4) is 0 Å². The van der Waals surface area contributed by atoms with Crippen molar-refractivity contribution in [3.63, 3.8) is 0 Å². The van der Waals surface area contributed by atoms with Gasteiger partial charge in [0.25, 0.3) is 5.91 Å². The SMILES string of the molecule is CC(C)[NH+]1CCc2c(sc3c2C(=O)N[C@H](c2cccn2C)N3)C1. The molecule has 2 aromatic rings. The van der Waals surface area contributed by atoms with Gasteiger partial charge in [-0.3, -0.25) is 4.79 Å². The van der Waals surface area contributed by atoms with Crippen molar-refractivity contribution in [1.29, 1.82) is 0 Å². The van der Waals surface area contributed by atoms with Gasteiger partial charge in [0.1, 0.15) is 17.7 Å². The number of carbonyl (C=O) groups is 1. The van der Waals surface area contributed by atoms with E-state index in [2.05, 4.69) is 24.5 Å². The van der Waals surface area contributed by atoms with Crippen LogP contribution in [0.25, 0.3) is 0 Å². The molecule has 122 valence electrons. The fourth-order valence-electron chi connectivity index (χ4n) is 3.63. The molecule has 3 N–H and O–H groups in total. The minimum absolute atomic E-state index is 0.0652. The highest BCUT2D eigenvalue weighted by molar-refractivity contribution is 7.16. The molecule has 0 aromatic carbocycles. The van der Waals surface area contributed by atoms with Crippen LogP contribution in [0.3, 0.4) is 0 Å². The molecule has 4 rings (SSSR count). The third kappa shape index (κ3) is 2.37. The number of aryl methyl sites for hydroxylation is 1. The van der Waals surface area contributed by atoms with E-state index in [1.807, 2.05) is 29.9 Å². The van der Waals surface area contributed by atoms with E-state index in [0.717, 1.165) is 35.8 Å². The summed E-state index contributed by atoms with van der Waals surface area (Å²) >= 11 is 1.77. The summed E-state index contributed by atoms with van der Waals surface area (Å²) in [5, 5.41) is 7.68. The first-order valence-electron chi connectivity index (χ1n) is 8.22. The third-order valence-electron chi connectivity index (χ3n) is 5.05. The van der Waals surface area contributed by atoms with Crippen LogP contribution >= 0.6 is 11.3 Å². The van der Waals surface area contributed by atoms with Crippen LogP contribution in [0.15, 0.2) is 18.3 Å². The fourth-order valence-corrected chi connectivity index (χ4v) is 4.95. The van der Waals surface area contributed by atoms with Crippen LogP contribution in [-0.4, -0.2) is 23.1 Å². The number of hydrogen-bond donors (Lipinski definition) is 3. The van der Waals surface area contributed by atoms with Gasteiger partial charge >= 0.3 is 0 Å². The van der Waals surface area contributed by atoms with Crippen molar-refractivity contribution in [2.75, 3.05) is 11.9 Å². The molecule has 1 amide bonds. The molecule has 2 aromatic heterocycles. The van der Waals surface area contributed by atoms with Gasteiger partial charge in [-0.2, -0.15) is 0 Å². The molecule has 23 heavy (non-hydrogen) atoms. The standard InChI is InChI=1S/C17H22N4OS/c1-10(2)21-8-6-11-13(9-21)23-17-14(11)16(22)18-15(19-17)12-5-4-7-20(12)3/h4-5,7,10,15,19H,6,8-9H2,1-3H3,(H,18,22)/p+1/t15-/m0/s1. The molecular weight excluding hydrogens is 308 g/mol. The Balaban J connectivity index is 1.67. The quantitative estimate of drug-likeness (QED) is 0.777. The molecule has 0 aliphatic carbocycles. The van der Waals surface area contributed by atoms with E-state index >= 15 is 0 Å². The minimum Gasteiger partial charge on any atom is -0.351 e. The lowest BCUT2D eigenvalue weighted by atomic mass is 10.00. The first kappa shape index (κ1) is 14.8. The molecule has 0 fully saturated rings. The number of nitrogens with zero attached hydrogens (tertiary/aromatic N) is 1. The van der Waals surface area contributed by atoms with Gasteiger partial charge < -0.3 is 20.1 Å². The van der Waals surface area contributed by atoms with Crippen LogP contribution in [0.4, 0.5) is 5.00 Å². The summed E-state index contributed by atoms with van der Waals surface area (Å²) in [5.41, 5.74) is 3.23. The Morgan fingerprint density at radius 1 is 1.39 bits per heavy atom. The van der Waals surface area contributed by atoms with Crippen molar-refractivity contribution in [1.82, 2.24) is 9.88 Å². The molecule has 0 spiro atoms. The highest BCUT2D eigenvalue weighted by Crippen LogP contribution is 2.38. The van der Waals surface area contributed by atoms with Gasteiger partial charge in [-0.25, -0.2) is 0 Å². The molecule has 5 nitrogen and oxygen atoms in total. The number of hydrogen-bond acceptors (Lipinski definition) is 3. The third-order valence-corrected chi connectivity index (χ3v) is 6.21. The van der Waals surface area contributed by atoms with Crippen molar-refractivity contribution in [3.05, 3.63) is 40.0 Å². The minimum atomic E-state index is -0.149. The highest BCUT2D eigenvalue weighted by Gasteiger charge is 2.35. The maximum atomic E-state index is 12.7. The van der Waals surface area contributed by atoms with Gasteiger partial charge in [0.2, 0.25) is 0 Å². The molecule has 0 saturated carbocycles. The molecule has 0 bridgehead atoms. The first-order valence-corrected chi connectivity index (χ1v) is 9.04. The zero-order chi connectivity index (χ0) is 16.1. The van der Waals surface area contributed by atoms with Crippen molar-refractivity contribution >= 4 is 22.2 Å². The molecule has 0 radical (unpaired) electrons. The Labute approximate surface area is 140 Å². The zero-order valence-corrected chi connectivity index (χ0v) is 14.6. The average Bonchev–Trinajstić information content (AvgIpc) is 3.09. The summed E-state index contributed by atoms with van der Waals surface area (Å²) in [7, 11) is 2.00. The van der Waals surface area contributed by atoms with Gasteiger partial charge in [-0.15, -0.1) is 11.3 Å². The molecular formula is C17H23N4OS+. The molecule has 2 atom stereocenters. The fraction of sp³-hybridized carbons (Fsp3) is 0.471. The van der Waals surface area contributed by atoms with E-state index in [4.69, 9.17) is 0 Å². The molecule has 2 aliphatic heterocycles. The van der Waals surface area contributed by atoms with Crippen LogP contribution in [0.1, 0.15) is 46.5 Å². The number of quaternary nitrogens is 1. The van der Waals surface area contributed by atoms with Crippen molar-refractivity contribution in [2.45, 2.75) is 39.0 Å². The van der Waals surface area contributed by atoms with E-state index in [1.54, 1.807) is 16.2 Å². The monoisotopic (exact) mass is 331 g/mol. The van der Waals surface area contributed by atoms with Crippen LogP contribution in [0, 0.1) is 0 Å². The van der Waals surface area contributed by atoms with Gasteiger partial charge in [0.15, 0.2) is 0 Å². The molecule has 1 unspecified atom stereocenters. The maximum absolute atomic E-state index is 12.7. The van der Waals surface area contributed by atoms with Crippen LogP contribution in [0.5, 0.6) is 0 Å². The van der Waals surface area contributed by atoms with Gasteiger partial charge in [-0.05, 0) is 31.5 Å². The second-order valence-electron chi connectivity index (χ2n) is 6.79. The van der Waals surface area contributed by atoms with Crippen LogP contribution in [-0.2, 0) is 20.0 Å². The zero-order valence-electron chi connectivity index (χ0n) is 13.8. The first-order chi connectivity index (χ1) is 11.0. The van der Waals surface area contributed by atoms with E-state index < -0.39 is 0 Å². The van der Waals surface area contributed by atoms with E-state index in [0.29, 0.717) is 6.04 Å². The Kier molecular flexibility index (Phi) is 3.46. The lowest BCUT2D eigenvalue weighted by Gasteiger charge is -2.28. The molecule has 2 aliphatic rings. The number of nitrogens with one attached hydrogen (secondary N) is 3. The number of fused-ring (bicyclic) bond motifs is 3. The number of amides is 1. The number of carbonyl (C=O) groups excluding carboxylic acids is 1. The summed E-state index contributed by atoms with van der Waals surface area (Å²) in [4.78, 5) is 15.7. The number of rotatable bonds is 2. The number of aromatic nitrogens is 1. The Morgan fingerprint density at radius 3 is 2.91 bits per heavy atom. The lowest BCUT2D eigenvalue weighted by molar-refractivity contribution is -0.936. The summed E-state index contributed by atoms with van der Waals surface area (Å²) in [6, 6.07) is 4.67. The second-order valence-corrected chi connectivity index (χ2v) is 7.90. The van der Waals surface area contributed by atoms with E-state index in [1.165, 1.54) is 10.4 Å². The number of anilines is 1. The van der Waals surface area contributed by atoms with Crippen molar-refractivity contribution in [2.24, 2.45) is 7.05 Å². The molecule has 6 heteroatoms. The Bertz CT molecular complexity index is 761. The number of thiophene rings is 1. The topological polar surface area (TPSA) is 50.5 Å². The summed E-state index contributed by atoms with van der Waals surface area (Å²) in [5.74, 6) is 0.0652. The molecule has 4 heterocycles. The van der Waals surface area contributed by atoms with Gasteiger partial charge in [0.05, 0.1) is 28.7 Å². The van der Waals surface area contributed by atoms with Crippen LogP contribution < -0.4 is 15.5 Å². The maximum Gasteiger partial charge on any atom is 0.256 e. The highest BCUT2D eigenvalue weighted by atomic mass is 32.1. The predicted octanol–water partition coefficient (Wildman–Crippen LogP) is 1.29. The summed E-state index contributed by atoms with van der Waals surface area (Å²) in [6.45, 7) is 6.69. The average molecular weight is 331 g/mol. The lowest BCUT2D eigenvalue weighted by Crippen LogP contribution is -3.14. The van der Waals surface area contributed by atoms with Gasteiger partial charge in [-0.1, -0.05) is 0 Å². The second kappa shape index (κ2) is 5.39. The van der Waals surface area contributed by atoms with E-state index in [-0.39, 0.29) is 12.1 Å². The molecule has 0 saturated heterocycles. The van der Waals surface area contributed by atoms with E-state index in [9.17, 15) is 4.79 Å². The summed E-state index contributed by atoms with van der Waals surface area (Å²) < 4.78 is 2.04. The Hall–Kier alpha value is -1.79. The largest absolute Gasteiger partial charge is 0.351 e. The van der Waals surface area contributed by atoms with Gasteiger partial charge in [0, 0.05) is 19.7 Å². The van der Waals surface area contributed by atoms with Crippen molar-refractivity contribution < 1.29 is 9.69 Å². The summed E-state index contributed by atoms with van der Waals surface area (Å²) in [6.07, 6.45) is 2.85. The predicted molar refractivity (Wildman–Crippen MR) is 91.9 cm³/mol. The normalized spacial score (nSPS) is 23.2. The van der Waals surface area contributed by atoms with Crippen LogP contribution in [0.2, 0.25) is 0 Å².